The first-order valence-corrected chi connectivity index (χ1v) is 8.43. The van der Waals surface area contributed by atoms with Crippen molar-refractivity contribution in [3.63, 3.8) is 0 Å². The monoisotopic (exact) mass is 352 g/mol. The van der Waals surface area contributed by atoms with Gasteiger partial charge >= 0.3 is 0 Å². The molecule has 0 saturated heterocycles. The molecule has 0 bridgehead atoms. The second-order valence-electron chi connectivity index (χ2n) is 5.53. The quantitative estimate of drug-likeness (QED) is 0.583. The van der Waals surface area contributed by atoms with E-state index in [0.29, 0.717) is 22.6 Å². The molecule has 0 unspecified atom stereocenters. The Morgan fingerprint density at radius 1 is 1.16 bits per heavy atom. The zero-order valence-electron chi connectivity index (χ0n) is 13.0. The van der Waals surface area contributed by atoms with Crippen molar-refractivity contribution < 1.29 is 9.18 Å². The summed E-state index contributed by atoms with van der Waals surface area (Å²) in [5.41, 5.74) is 2.21. The fraction of sp³-hybridized carbons (Fsp3) is 0.0556. The number of para-hydroxylation sites is 1. The van der Waals surface area contributed by atoms with Crippen molar-refractivity contribution in [3.05, 3.63) is 76.7 Å². The fourth-order valence-electron chi connectivity index (χ4n) is 2.57. The zero-order valence-corrected chi connectivity index (χ0v) is 13.8. The van der Waals surface area contributed by atoms with E-state index in [1.54, 1.807) is 30.6 Å². The van der Waals surface area contributed by atoms with Gasteiger partial charge in [0, 0.05) is 22.9 Å². The Hall–Kier alpha value is -3.06. The second kappa shape index (κ2) is 6.45. The Morgan fingerprint density at radius 2 is 2.00 bits per heavy atom. The van der Waals surface area contributed by atoms with E-state index in [2.05, 4.69) is 20.5 Å². The number of carbonyl (C=O) groups excluding carboxylic acids is 1. The third-order valence-electron chi connectivity index (χ3n) is 3.79. The van der Waals surface area contributed by atoms with Gasteiger partial charge in [0.2, 0.25) is 0 Å². The molecule has 0 aliphatic carbocycles. The molecule has 0 spiro atoms. The highest BCUT2D eigenvalue weighted by Gasteiger charge is 2.13. The summed E-state index contributed by atoms with van der Waals surface area (Å²) < 4.78 is 13.0. The van der Waals surface area contributed by atoms with Gasteiger partial charge in [-0.3, -0.25) is 15.2 Å². The van der Waals surface area contributed by atoms with Gasteiger partial charge in [0.05, 0.1) is 17.3 Å². The van der Waals surface area contributed by atoms with E-state index in [4.69, 9.17) is 0 Å². The van der Waals surface area contributed by atoms with Crippen LogP contribution < -0.4 is 5.32 Å². The Morgan fingerprint density at radius 3 is 2.84 bits per heavy atom. The minimum Gasteiger partial charge on any atom is -0.298 e. The van der Waals surface area contributed by atoms with Gasteiger partial charge in [0.25, 0.3) is 5.91 Å². The van der Waals surface area contributed by atoms with Crippen LogP contribution in [0.3, 0.4) is 0 Å². The molecule has 2 N–H and O–H groups in total. The van der Waals surface area contributed by atoms with Crippen molar-refractivity contribution in [2.24, 2.45) is 0 Å². The Balaban J connectivity index is 1.50. The summed E-state index contributed by atoms with van der Waals surface area (Å²) in [6, 6.07) is 11.8. The molecule has 1 amide bonds. The Labute approximate surface area is 146 Å². The van der Waals surface area contributed by atoms with E-state index < -0.39 is 0 Å². The Bertz CT molecular complexity index is 1040. The molecule has 0 saturated carbocycles. The van der Waals surface area contributed by atoms with Crippen molar-refractivity contribution in [2.75, 3.05) is 5.32 Å². The molecule has 0 fully saturated rings. The summed E-state index contributed by atoms with van der Waals surface area (Å²) in [5.74, 6) is -0.494. The molecular formula is C18H13FN4OS. The molecule has 0 aliphatic heterocycles. The molecule has 7 heteroatoms. The first-order valence-electron chi connectivity index (χ1n) is 7.61. The molecule has 0 aliphatic rings. The summed E-state index contributed by atoms with van der Waals surface area (Å²) in [6.07, 6.45) is 4.04. The van der Waals surface area contributed by atoms with Crippen molar-refractivity contribution in [1.29, 1.82) is 0 Å². The lowest BCUT2D eigenvalue weighted by molar-refractivity contribution is 0.102. The number of fused-ring (bicyclic) bond motifs is 1. The Kier molecular flexibility index (Phi) is 3.99. The number of thiazole rings is 1. The number of rotatable bonds is 4. The van der Waals surface area contributed by atoms with E-state index >= 15 is 0 Å². The lowest BCUT2D eigenvalue weighted by atomic mass is 10.1. The highest BCUT2D eigenvalue weighted by atomic mass is 32.1. The molecule has 4 aromatic rings. The van der Waals surface area contributed by atoms with Gasteiger partial charge < -0.3 is 0 Å². The average Bonchev–Trinajstić information content (AvgIpc) is 3.25. The van der Waals surface area contributed by atoms with Crippen LogP contribution in [0.2, 0.25) is 0 Å². The SMILES string of the molecule is O=C(Nc1ncc(Cc2ccc(F)cc2)s1)c1cccc2cn[nH]c12. The molecule has 0 radical (unpaired) electrons. The number of benzene rings is 2. The third kappa shape index (κ3) is 3.27. The van der Waals surface area contributed by atoms with E-state index in [1.807, 2.05) is 12.1 Å². The molecular weight excluding hydrogens is 339 g/mol. The maximum atomic E-state index is 13.0. The van der Waals surface area contributed by atoms with Gasteiger partial charge in [-0.1, -0.05) is 24.3 Å². The number of amides is 1. The van der Waals surface area contributed by atoms with Crippen molar-refractivity contribution >= 4 is 33.3 Å². The highest BCUT2D eigenvalue weighted by molar-refractivity contribution is 7.15. The zero-order chi connectivity index (χ0) is 17.2. The number of hydrogen-bond donors (Lipinski definition) is 2. The number of carbonyl (C=O) groups is 1. The number of H-pyrrole nitrogens is 1. The predicted octanol–water partition coefficient (Wildman–Crippen LogP) is 4.00. The predicted molar refractivity (Wildman–Crippen MR) is 95.4 cm³/mol. The number of aromatic nitrogens is 3. The number of anilines is 1. The number of nitrogens with one attached hydrogen (secondary N) is 2. The fourth-order valence-corrected chi connectivity index (χ4v) is 3.41. The average molecular weight is 352 g/mol. The maximum Gasteiger partial charge on any atom is 0.259 e. The van der Waals surface area contributed by atoms with Crippen molar-refractivity contribution in [1.82, 2.24) is 15.2 Å². The number of aromatic amines is 1. The molecule has 2 aromatic heterocycles. The smallest absolute Gasteiger partial charge is 0.259 e. The summed E-state index contributed by atoms with van der Waals surface area (Å²) in [4.78, 5) is 17.7. The molecule has 2 heterocycles. The number of halogens is 1. The van der Waals surface area contributed by atoms with Gasteiger partial charge in [-0.15, -0.1) is 11.3 Å². The van der Waals surface area contributed by atoms with Gasteiger partial charge in [0.15, 0.2) is 5.13 Å². The van der Waals surface area contributed by atoms with Crippen LogP contribution in [0, 0.1) is 5.82 Å². The largest absolute Gasteiger partial charge is 0.298 e. The van der Waals surface area contributed by atoms with E-state index in [-0.39, 0.29) is 11.7 Å². The lowest BCUT2D eigenvalue weighted by Gasteiger charge is -2.02. The maximum absolute atomic E-state index is 13.0. The molecule has 124 valence electrons. The van der Waals surface area contributed by atoms with Crippen LogP contribution in [0.1, 0.15) is 20.8 Å². The molecule has 0 atom stereocenters. The molecule has 25 heavy (non-hydrogen) atoms. The number of hydrogen-bond acceptors (Lipinski definition) is 4. The van der Waals surface area contributed by atoms with Gasteiger partial charge in [-0.25, -0.2) is 9.37 Å². The molecule has 4 rings (SSSR count). The van der Waals surface area contributed by atoms with Crippen LogP contribution in [0.4, 0.5) is 9.52 Å². The summed E-state index contributed by atoms with van der Waals surface area (Å²) >= 11 is 1.40. The molecule has 5 nitrogen and oxygen atoms in total. The summed E-state index contributed by atoms with van der Waals surface area (Å²) in [6.45, 7) is 0. The first kappa shape index (κ1) is 15.5. The minimum atomic E-state index is -0.256. The van der Waals surface area contributed by atoms with Crippen LogP contribution in [-0.2, 0) is 6.42 Å². The minimum absolute atomic E-state index is 0.238. The van der Waals surface area contributed by atoms with Crippen molar-refractivity contribution in [3.8, 4) is 0 Å². The van der Waals surface area contributed by atoms with E-state index in [9.17, 15) is 9.18 Å². The van der Waals surface area contributed by atoms with Gasteiger partial charge in [-0.2, -0.15) is 5.10 Å². The number of nitrogens with zero attached hydrogens (tertiary/aromatic N) is 2. The van der Waals surface area contributed by atoms with Crippen molar-refractivity contribution in [2.45, 2.75) is 6.42 Å². The summed E-state index contributed by atoms with van der Waals surface area (Å²) in [7, 11) is 0. The third-order valence-corrected chi connectivity index (χ3v) is 4.70. The standard InChI is InChI=1S/C18H13FN4OS/c19-13-6-4-11(5-7-13)8-14-10-20-18(25-14)22-17(24)15-3-1-2-12-9-21-23-16(12)15/h1-7,9-10H,8H2,(H,21,23)(H,20,22,24). The topological polar surface area (TPSA) is 70.7 Å². The van der Waals surface area contributed by atoms with Crippen LogP contribution >= 0.6 is 11.3 Å². The highest BCUT2D eigenvalue weighted by Crippen LogP contribution is 2.23. The van der Waals surface area contributed by atoms with Gasteiger partial charge in [0.1, 0.15) is 5.82 Å². The van der Waals surface area contributed by atoms with Gasteiger partial charge in [-0.05, 0) is 23.8 Å². The second-order valence-corrected chi connectivity index (χ2v) is 6.64. The first-order chi connectivity index (χ1) is 12.2. The normalized spacial score (nSPS) is 10.9. The van der Waals surface area contributed by atoms with Crippen LogP contribution in [0.15, 0.2) is 54.9 Å². The van der Waals surface area contributed by atoms with E-state index in [1.165, 1.54) is 23.5 Å². The summed E-state index contributed by atoms with van der Waals surface area (Å²) in [5, 5.41) is 11.0. The van der Waals surface area contributed by atoms with Crippen LogP contribution in [0.5, 0.6) is 0 Å². The lowest BCUT2D eigenvalue weighted by Crippen LogP contribution is -2.12. The van der Waals surface area contributed by atoms with Crippen LogP contribution in [0.25, 0.3) is 10.9 Å². The molecule has 2 aromatic carbocycles. The van der Waals surface area contributed by atoms with E-state index in [0.717, 1.165) is 15.8 Å². The van der Waals surface area contributed by atoms with Crippen LogP contribution in [-0.4, -0.2) is 21.1 Å².